The number of carbonyl (C=O) groups excluding carboxylic acids is 5. The standard InChI is InChI=1S/C27H31N3O9S/c1-12(2)40(38,39)29-7-5-6-13-10-17(30(3)4)16-9-14-8-15-11-18(31)21(26(28)36)25(35)27(15,37)24(34)19(14)23(33)20(16)22(13)32/h10,12,14-15,19,21,29,32,37H,7-9,11H2,1-4H3,(H2,28,36)/t14-,15+,19?,21?,27+/m1/s1. The summed E-state index contributed by atoms with van der Waals surface area (Å²) in [6.07, 6.45) is -0.284. The van der Waals surface area contributed by atoms with E-state index >= 15 is 0 Å². The molecule has 0 radical (unpaired) electrons. The summed E-state index contributed by atoms with van der Waals surface area (Å²) < 4.78 is 26.3. The highest BCUT2D eigenvalue weighted by Crippen LogP contribution is 2.51. The number of nitrogens with one attached hydrogen (secondary N) is 1. The summed E-state index contributed by atoms with van der Waals surface area (Å²) in [6, 6.07) is 1.55. The summed E-state index contributed by atoms with van der Waals surface area (Å²) in [6.45, 7) is 2.76. The highest BCUT2D eigenvalue weighted by Gasteiger charge is 2.66. The zero-order valence-corrected chi connectivity index (χ0v) is 23.3. The number of phenols is 1. The number of nitrogens with zero attached hydrogens (tertiary/aromatic N) is 1. The zero-order chi connectivity index (χ0) is 29.9. The van der Waals surface area contributed by atoms with Crippen LogP contribution in [0.3, 0.4) is 0 Å². The van der Waals surface area contributed by atoms with Gasteiger partial charge < -0.3 is 20.8 Å². The van der Waals surface area contributed by atoms with Gasteiger partial charge in [-0.25, -0.2) is 13.1 Å². The van der Waals surface area contributed by atoms with Crippen molar-refractivity contribution in [3.05, 3.63) is 22.8 Å². The van der Waals surface area contributed by atoms with E-state index in [2.05, 4.69) is 16.6 Å². The Bertz CT molecular complexity index is 1520. The van der Waals surface area contributed by atoms with Crippen molar-refractivity contribution in [1.29, 1.82) is 0 Å². The molecule has 0 spiro atoms. The lowest BCUT2D eigenvalue weighted by molar-refractivity contribution is -0.175. The lowest BCUT2D eigenvalue weighted by Gasteiger charge is -2.48. The predicted molar refractivity (Wildman–Crippen MR) is 142 cm³/mol. The highest BCUT2D eigenvalue weighted by atomic mass is 32.2. The zero-order valence-electron chi connectivity index (χ0n) is 22.5. The number of rotatable bonds is 5. The molecule has 5 atom stereocenters. The molecule has 2 unspecified atom stereocenters. The van der Waals surface area contributed by atoms with Gasteiger partial charge in [0.2, 0.25) is 15.9 Å². The van der Waals surface area contributed by atoms with E-state index in [1.165, 1.54) is 13.8 Å². The number of benzene rings is 1. The van der Waals surface area contributed by atoms with Crippen molar-refractivity contribution in [1.82, 2.24) is 4.72 Å². The number of nitrogens with two attached hydrogens (primary N) is 1. The quantitative estimate of drug-likeness (QED) is 0.252. The van der Waals surface area contributed by atoms with Crippen molar-refractivity contribution < 1.29 is 42.6 Å². The maximum Gasteiger partial charge on any atom is 0.235 e. The molecule has 0 aliphatic heterocycles. The third-order valence-electron chi connectivity index (χ3n) is 8.07. The number of hydrogen-bond donors (Lipinski definition) is 4. The second-order valence-electron chi connectivity index (χ2n) is 11.0. The fourth-order valence-electron chi connectivity index (χ4n) is 5.95. The number of carbonyl (C=O) groups is 5. The number of fused-ring (bicyclic) bond motifs is 3. The predicted octanol–water partition coefficient (Wildman–Crippen LogP) is -0.928. The van der Waals surface area contributed by atoms with Gasteiger partial charge in [-0.2, -0.15) is 0 Å². The Kier molecular flexibility index (Phi) is 7.42. The van der Waals surface area contributed by atoms with Crippen molar-refractivity contribution in [3.63, 3.8) is 0 Å². The minimum Gasteiger partial charge on any atom is -0.506 e. The number of hydrogen-bond acceptors (Lipinski definition) is 10. The van der Waals surface area contributed by atoms with E-state index in [9.17, 15) is 42.6 Å². The van der Waals surface area contributed by atoms with E-state index in [0.717, 1.165) is 0 Å². The molecule has 12 nitrogen and oxygen atoms in total. The maximum atomic E-state index is 13.8. The first kappa shape index (κ1) is 29.4. The van der Waals surface area contributed by atoms with Gasteiger partial charge in [0.25, 0.3) is 0 Å². The lowest BCUT2D eigenvalue weighted by atomic mass is 9.53. The van der Waals surface area contributed by atoms with Gasteiger partial charge in [0, 0.05) is 32.1 Å². The van der Waals surface area contributed by atoms with E-state index in [-0.39, 0.29) is 30.5 Å². The van der Waals surface area contributed by atoms with Crippen LogP contribution in [-0.4, -0.2) is 79.2 Å². The van der Waals surface area contributed by atoms with Gasteiger partial charge in [-0.1, -0.05) is 11.8 Å². The smallest absolute Gasteiger partial charge is 0.235 e. The van der Waals surface area contributed by atoms with Crippen LogP contribution < -0.4 is 15.4 Å². The van der Waals surface area contributed by atoms with Gasteiger partial charge in [-0.3, -0.25) is 24.0 Å². The molecular weight excluding hydrogens is 542 g/mol. The summed E-state index contributed by atoms with van der Waals surface area (Å²) in [5, 5.41) is 21.8. The Morgan fingerprint density at radius 3 is 2.42 bits per heavy atom. The summed E-state index contributed by atoms with van der Waals surface area (Å²) >= 11 is 0. The van der Waals surface area contributed by atoms with Gasteiger partial charge in [0.15, 0.2) is 34.7 Å². The van der Waals surface area contributed by atoms with Gasteiger partial charge in [-0.15, -0.1) is 0 Å². The van der Waals surface area contributed by atoms with Crippen LogP contribution in [0.1, 0.15) is 48.2 Å². The number of aliphatic hydroxyl groups is 1. The molecule has 5 N–H and O–H groups in total. The first-order valence-electron chi connectivity index (χ1n) is 12.7. The molecule has 2 saturated carbocycles. The van der Waals surface area contributed by atoms with Gasteiger partial charge >= 0.3 is 0 Å². The first-order chi connectivity index (χ1) is 18.5. The maximum absolute atomic E-state index is 13.8. The molecule has 0 aromatic heterocycles. The molecule has 2 fully saturated rings. The molecule has 214 valence electrons. The Balaban J connectivity index is 1.76. The third-order valence-corrected chi connectivity index (χ3v) is 9.85. The van der Waals surface area contributed by atoms with Crippen LogP contribution in [0.15, 0.2) is 6.07 Å². The van der Waals surface area contributed by atoms with Crippen molar-refractivity contribution in [3.8, 4) is 17.6 Å². The average molecular weight is 574 g/mol. The van der Waals surface area contributed by atoms with Crippen LogP contribution in [0.2, 0.25) is 0 Å². The molecule has 4 rings (SSSR count). The van der Waals surface area contributed by atoms with E-state index < -0.39 is 85.8 Å². The second kappa shape index (κ2) is 10.1. The van der Waals surface area contributed by atoms with Crippen molar-refractivity contribution in [2.24, 2.45) is 29.4 Å². The number of ketones is 4. The average Bonchev–Trinajstić information content (AvgIpc) is 2.84. The van der Waals surface area contributed by atoms with E-state index in [1.54, 1.807) is 25.1 Å². The molecular formula is C27H31N3O9S. The molecule has 3 aliphatic rings. The lowest BCUT2D eigenvalue weighted by Crippen LogP contribution is -2.68. The molecule has 0 heterocycles. The highest BCUT2D eigenvalue weighted by molar-refractivity contribution is 7.90. The van der Waals surface area contributed by atoms with Gasteiger partial charge in [-0.05, 0) is 44.2 Å². The van der Waals surface area contributed by atoms with Crippen LogP contribution in [0, 0.1) is 35.5 Å². The molecule has 0 saturated heterocycles. The minimum absolute atomic E-state index is 0.00771. The van der Waals surface area contributed by atoms with Gasteiger partial charge in [0.05, 0.1) is 28.8 Å². The number of sulfonamides is 1. The molecule has 1 aromatic carbocycles. The number of aromatic hydroxyl groups is 1. The first-order valence-corrected chi connectivity index (χ1v) is 14.3. The summed E-state index contributed by atoms with van der Waals surface area (Å²) in [5.74, 6) is -5.75. The Labute approximate surface area is 231 Å². The van der Waals surface area contributed by atoms with Crippen LogP contribution in [-0.2, 0) is 35.6 Å². The SMILES string of the molecule is CC(C)S(=O)(=O)NCC#Cc1cc(N(C)C)c2c(c1O)C(=O)C1C(=O)[C@]3(O)C(=O)C(C(N)=O)C(=O)C[C@@H]3C[C@@H]1C2. The Morgan fingerprint density at radius 1 is 1.20 bits per heavy atom. The monoisotopic (exact) mass is 573 g/mol. The number of Topliss-reactive ketones (excluding diaryl/α,β-unsaturated/α-hetero) is 4. The summed E-state index contributed by atoms with van der Waals surface area (Å²) in [5.41, 5.74) is 3.30. The van der Waals surface area contributed by atoms with E-state index in [0.29, 0.717) is 11.3 Å². The van der Waals surface area contributed by atoms with E-state index in [1.807, 2.05) is 0 Å². The summed E-state index contributed by atoms with van der Waals surface area (Å²) in [7, 11) is -0.151. The topological polar surface area (TPSA) is 201 Å². The number of primary amides is 1. The van der Waals surface area contributed by atoms with Gasteiger partial charge in [0.1, 0.15) is 5.75 Å². The van der Waals surface area contributed by atoms with Crippen molar-refractivity contribution >= 4 is 44.8 Å². The van der Waals surface area contributed by atoms with Crippen LogP contribution in [0.25, 0.3) is 0 Å². The number of phenolic OH excluding ortho intramolecular Hbond substituents is 1. The normalized spacial score (nSPS) is 27.9. The molecule has 40 heavy (non-hydrogen) atoms. The Morgan fingerprint density at radius 2 is 1.85 bits per heavy atom. The van der Waals surface area contributed by atoms with Crippen molar-refractivity contribution in [2.45, 2.75) is 44.0 Å². The molecule has 3 aliphatic carbocycles. The fourth-order valence-corrected chi connectivity index (χ4v) is 6.56. The second-order valence-corrected chi connectivity index (χ2v) is 13.3. The number of amides is 1. The molecule has 1 aromatic rings. The largest absolute Gasteiger partial charge is 0.506 e. The third kappa shape index (κ3) is 4.49. The van der Waals surface area contributed by atoms with Crippen LogP contribution in [0.5, 0.6) is 5.75 Å². The van der Waals surface area contributed by atoms with Crippen LogP contribution in [0.4, 0.5) is 5.69 Å². The van der Waals surface area contributed by atoms with Crippen molar-refractivity contribution in [2.75, 3.05) is 25.5 Å². The fraction of sp³-hybridized carbons (Fsp3) is 0.519. The minimum atomic E-state index is -3.58. The summed E-state index contributed by atoms with van der Waals surface area (Å²) in [4.78, 5) is 66.5. The van der Waals surface area contributed by atoms with Crippen LogP contribution >= 0.6 is 0 Å². The molecule has 0 bridgehead atoms. The molecule has 1 amide bonds. The van der Waals surface area contributed by atoms with E-state index in [4.69, 9.17) is 5.73 Å². The number of anilines is 1. The Hall–Kier alpha value is -3.60. The molecule has 13 heteroatoms.